The lowest BCUT2D eigenvalue weighted by Crippen LogP contribution is -2.29. The normalized spacial score (nSPS) is 11.7. The molecule has 2 rings (SSSR count). The van der Waals surface area contributed by atoms with Crippen molar-refractivity contribution in [2.45, 2.75) is 13.8 Å². The van der Waals surface area contributed by atoms with Crippen molar-refractivity contribution in [2.75, 3.05) is 0 Å². The molecule has 0 unspecified atom stereocenters. The zero-order chi connectivity index (χ0) is 17.9. The first-order valence-corrected chi connectivity index (χ1v) is 8.88. The summed E-state index contributed by atoms with van der Waals surface area (Å²) < 4.78 is 38.9. The van der Waals surface area contributed by atoms with Crippen LogP contribution in [0.25, 0.3) is 6.08 Å². The lowest BCUT2D eigenvalue weighted by Gasteiger charge is -2.06. The number of carbonyl (C=O) groups excluding carboxylic acids is 1. The van der Waals surface area contributed by atoms with Gasteiger partial charge in [-0.15, -0.1) is 0 Å². The van der Waals surface area contributed by atoms with Crippen LogP contribution in [0.1, 0.15) is 27.0 Å². The monoisotopic (exact) mass is 367 g/mol. The van der Waals surface area contributed by atoms with Crippen molar-refractivity contribution in [2.24, 2.45) is 0 Å². The first-order chi connectivity index (χ1) is 11.2. The van der Waals surface area contributed by atoms with E-state index in [1.807, 2.05) is 30.7 Å². The molecule has 2 aromatic carbocycles. The van der Waals surface area contributed by atoms with Crippen molar-refractivity contribution in [3.8, 4) is 0 Å². The fourth-order valence-electron chi connectivity index (χ4n) is 2.07. The SMILES string of the molecule is Cc1ccc(/C=C/S(=O)(=O)NC(=O)c2ccc(F)cc2Cl)c(C)c1. The van der Waals surface area contributed by atoms with Gasteiger partial charge in [0.15, 0.2) is 0 Å². The van der Waals surface area contributed by atoms with Crippen molar-refractivity contribution >= 4 is 33.6 Å². The van der Waals surface area contributed by atoms with Crippen molar-refractivity contribution in [1.29, 1.82) is 0 Å². The Morgan fingerprint density at radius 3 is 2.50 bits per heavy atom. The quantitative estimate of drug-likeness (QED) is 0.893. The Labute approximate surface area is 145 Å². The molecule has 0 bridgehead atoms. The molecule has 0 saturated carbocycles. The van der Waals surface area contributed by atoms with Crippen LogP contribution in [-0.4, -0.2) is 14.3 Å². The number of rotatable bonds is 4. The maximum atomic E-state index is 13.0. The summed E-state index contributed by atoms with van der Waals surface area (Å²) in [5, 5.41) is 0.737. The van der Waals surface area contributed by atoms with Crippen LogP contribution in [-0.2, 0) is 10.0 Å². The second kappa shape index (κ2) is 7.15. The zero-order valence-electron chi connectivity index (χ0n) is 13.0. The van der Waals surface area contributed by atoms with Crippen LogP contribution in [0.3, 0.4) is 0 Å². The summed E-state index contributed by atoms with van der Waals surface area (Å²) in [6.45, 7) is 3.79. The minimum absolute atomic E-state index is 0.124. The van der Waals surface area contributed by atoms with E-state index < -0.39 is 21.7 Å². The predicted octanol–water partition coefficient (Wildman–Crippen LogP) is 3.83. The molecule has 1 N–H and O–H groups in total. The lowest BCUT2D eigenvalue weighted by atomic mass is 10.1. The zero-order valence-corrected chi connectivity index (χ0v) is 14.6. The highest BCUT2D eigenvalue weighted by molar-refractivity contribution is 7.93. The largest absolute Gasteiger partial charge is 0.268 e. The van der Waals surface area contributed by atoms with Gasteiger partial charge in [0.2, 0.25) is 0 Å². The number of carbonyl (C=O) groups is 1. The highest BCUT2D eigenvalue weighted by Crippen LogP contribution is 2.17. The minimum atomic E-state index is -4.01. The third kappa shape index (κ3) is 4.66. The molecule has 0 heterocycles. The molecule has 0 aliphatic rings. The van der Waals surface area contributed by atoms with Crippen molar-refractivity contribution in [1.82, 2.24) is 4.72 Å². The molecule has 7 heteroatoms. The summed E-state index contributed by atoms with van der Waals surface area (Å²) in [5.41, 5.74) is 2.57. The number of benzene rings is 2. The van der Waals surface area contributed by atoms with E-state index >= 15 is 0 Å². The molecule has 2 aromatic rings. The molecule has 0 radical (unpaired) electrons. The van der Waals surface area contributed by atoms with Crippen molar-refractivity contribution in [3.63, 3.8) is 0 Å². The van der Waals surface area contributed by atoms with Crippen molar-refractivity contribution in [3.05, 3.63) is 74.9 Å². The van der Waals surface area contributed by atoms with E-state index in [0.29, 0.717) is 0 Å². The molecule has 0 spiro atoms. The van der Waals surface area contributed by atoms with Crippen molar-refractivity contribution < 1.29 is 17.6 Å². The first kappa shape index (κ1) is 18.2. The standard InChI is InChI=1S/C17H15ClFNO3S/c1-11-3-4-13(12(2)9-11)7-8-24(22,23)20-17(21)15-6-5-14(19)10-16(15)18/h3-10H,1-2H3,(H,20,21)/b8-7+. The number of hydrogen-bond donors (Lipinski definition) is 1. The van der Waals surface area contributed by atoms with Crippen LogP contribution in [0.5, 0.6) is 0 Å². The number of halogens is 2. The molecule has 4 nitrogen and oxygen atoms in total. The third-order valence-electron chi connectivity index (χ3n) is 3.26. The van der Waals surface area contributed by atoms with Gasteiger partial charge in [0.05, 0.1) is 16.0 Å². The predicted molar refractivity (Wildman–Crippen MR) is 92.7 cm³/mol. The third-order valence-corrected chi connectivity index (χ3v) is 4.54. The highest BCUT2D eigenvalue weighted by Gasteiger charge is 2.16. The Hall–Kier alpha value is -2.18. The van der Waals surface area contributed by atoms with Crippen LogP contribution in [0.2, 0.25) is 5.02 Å². The summed E-state index contributed by atoms with van der Waals surface area (Å²) >= 11 is 5.75. The Morgan fingerprint density at radius 1 is 1.17 bits per heavy atom. The maximum absolute atomic E-state index is 13.0. The molecule has 0 aromatic heterocycles. The van der Waals surface area contributed by atoms with Gasteiger partial charge in [-0.25, -0.2) is 17.5 Å². The van der Waals surface area contributed by atoms with Crippen LogP contribution in [0, 0.1) is 19.7 Å². The molecule has 0 atom stereocenters. The first-order valence-electron chi connectivity index (χ1n) is 6.95. The van der Waals surface area contributed by atoms with E-state index in [1.54, 1.807) is 6.07 Å². The average Bonchev–Trinajstić information content (AvgIpc) is 2.45. The van der Waals surface area contributed by atoms with E-state index in [-0.39, 0.29) is 10.6 Å². The smallest absolute Gasteiger partial charge is 0.266 e. The van der Waals surface area contributed by atoms with Gasteiger partial charge in [0, 0.05) is 0 Å². The minimum Gasteiger partial charge on any atom is -0.268 e. The van der Waals surface area contributed by atoms with Gasteiger partial charge in [-0.05, 0) is 49.2 Å². The number of nitrogens with one attached hydrogen (secondary N) is 1. The number of hydrogen-bond acceptors (Lipinski definition) is 3. The Bertz CT molecular complexity index is 923. The molecule has 1 amide bonds. The van der Waals surface area contributed by atoms with Gasteiger partial charge in [0.1, 0.15) is 5.82 Å². The van der Waals surface area contributed by atoms with Crippen LogP contribution in [0.15, 0.2) is 41.8 Å². The molecule has 24 heavy (non-hydrogen) atoms. The summed E-state index contributed by atoms with van der Waals surface area (Å²) in [4.78, 5) is 12.0. The Balaban J connectivity index is 2.18. The summed E-state index contributed by atoms with van der Waals surface area (Å²) in [7, 11) is -4.01. The summed E-state index contributed by atoms with van der Waals surface area (Å²) in [6, 6.07) is 8.65. The van der Waals surface area contributed by atoms with Gasteiger partial charge >= 0.3 is 0 Å². The van der Waals surface area contributed by atoms with E-state index in [0.717, 1.165) is 40.3 Å². The molecule has 0 aliphatic carbocycles. The average molecular weight is 368 g/mol. The second-order valence-electron chi connectivity index (χ2n) is 5.26. The lowest BCUT2D eigenvalue weighted by molar-refractivity contribution is 0.0982. The topological polar surface area (TPSA) is 63.2 Å². The highest BCUT2D eigenvalue weighted by atomic mass is 35.5. The maximum Gasteiger partial charge on any atom is 0.266 e. The fourth-order valence-corrected chi connectivity index (χ4v) is 3.08. The van der Waals surface area contributed by atoms with E-state index in [1.165, 1.54) is 6.08 Å². The van der Waals surface area contributed by atoms with Gasteiger partial charge < -0.3 is 0 Å². The number of amides is 1. The van der Waals surface area contributed by atoms with Crippen LogP contribution >= 0.6 is 11.6 Å². The second-order valence-corrected chi connectivity index (χ2v) is 7.24. The molecule has 0 fully saturated rings. The van der Waals surface area contributed by atoms with Gasteiger partial charge in [-0.3, -0.25) is 4.79 Å². The van der Waals surface area contributed by atoms with E-state index in [2.05, 4.69) is 0 Å². The molecule has 0 aliphatic heterocycles. The van der Waals surface area contributed by atoms with E-state index in [4.69, 9.17) is 11.6 Å². The molecule has 0 saturated heterocycles. The number of aryl methyl sites for hydroxylation is 2. The van der Waals surface area contributed by atoms with Gasteiger partial charge in [0.25, 0.3) is 15.9 Å². The molecule has 126 valence electrons. The summed E-state index contributed by atoms with van der Waals surface area (Å²) in [5.74, 6) is -1.54. The van der Waals surface area contributed by atoms with Crippen LogP contribution < -0.4 is 4.72 Å². The Morgan fingerprint density at radius 2 is 1.88 bits per heavy atom. The molecular weight excluding hydrogens is 353 g/mol. The summed E-state index contributed by atoms with van der Waals surface area (Å²) in [6.07, 6.45) is 1.40. The van der Waals surface area contributed by atoms with Crippen LogP contribution in [0.4, 0.5) is 4.39 Å². The Kier molecular flexibility index (Phi) is 5.41. The van der Waals surface area contributed by atoms with E-state index in [9.17, 15) is 17.6 Å². The number of sulfonamides is 1. The molecular formula is C17H15ClFNO3S. The van der Waals surface area contributed by atoms with Gasteiger partial charge in [-0.2, -0.15) is 0 Å². The fraction of sp³-hybridized carbons (Fsp3) is 0.118. The van der Waals surface area contributed by atoms with Gasteiger partial charge in [-0.1, -0.05) is 35.4 Å².